The SMILES string of the molecule is CC1(C)CCN(c2cc(Br)ccc2CN)C1. The molecule has 0 saturated carbocycles. The van der Waals surface area contributed by atoms with Crippen LogP contribution in [0.15, 0.2) is 22.7 Å². The maximum atomic E-state index is 5.79. The average molecular weight is 283 g/mol. The van der Waals surface area contributed by atoms with Gasteiger partial charge in [-0.3, -0.25) is 0 Å². The summed E-state index contributed by atoms with van der Waals surface area (Å²) in [5.41, 5.74) is 8.75. The Labute approximate surface area is 106 Å². The second kappa shape index (κ2) is 4.38. The lowest BCUT2D eigenvalue weighted by Gasteiger charge is -2.24. The van der Waals surface area contributed by atoms with Gasteiger partial charge in [0, 0.05) is 29.8 Å². The number of hydrogen-bond acceptors (Lipinski definition) is 2. The molecule has 3 heteroatoms. The van der Waals surface area contributed by atoms with Crippen molar-refractivity contribution in [1.82, 2.24) is 0 Å². The van der Waals surface area contributed by atoms with Crippen molar-refractivity contribution in [1.29, 1.82) is 0 Å². The number of rotatable bonds is 2. The van der Waals surface area contributed by atoms with Crippen LogP contribution in [-0.2, 0) is 6.54 Å². The van der Waals surface area contributed by atoms with Crippen molar-refractivity contribution < 1.29 is 0 Å². The lowest BCUT2D eigenvalue weighted by molar-refractivity contribution is 0.418. The third-order valence-corrected chi connectivity index (χ3v) is 3.78. The molecule has 0 atom stereocenters. The minimum Gasteiger partial charge on any atom is -0.371 e. The molecule has 2 rings (SSSR count). The monoisotopic (exact) mass is 282 g/mol. The summed E-state index contributed by atoms with van der Waals surface area (Å²) in [6.45, 7) is 7.52. The van der Waals surface area contributed by atoms with E-state index >= 15 is 0 Å². The molecule has 2 N–H and O–H groups in total. The molecule has 1 aromatic rings. The zero-order chi connectivity index (χ0) is 11.8. The van der Waals surface area contributed by atoms with Crippen LogP contribution in [0.3, 0.4) is 0 Å². The van der Waals surface area contributed by atoms with Crippen LogP contribution in [0.1, 0.15) is 25.8 Å². The second-order valence-electron chi connectivity index (χ2n) is 5.31. The predicted octanol–water partition coefficient (Wildman–Crippen LogP) is 3.14. The number of nitrogens with two attached hydrogens (primary N) is 1. The first-order chi connectivity index (χ1) is 7.52. The highest BCUT2D eigenvalue weighted by atomic mass is 79.9. The summed E-state index contributed by atoms with van der Waals surface area (Å²) in [5, 5.41) is 0. The summed E-state index contributed by atoms with van der Waals surface area (Å²) in [4.78, 5) is 2.45. The third kappa shape index (κ3) is 2.41. The van der Waals surface area contributed by atoms with Crippen molar-refractivity contribution in [2.24, 2.45) is 11.1 Å². The van der Waals surface area contributed by atoms with Gasteiger partial charge in [0.15, 0.2) is 0 Å². The Morgan fingerprint density at radius 3 is 2.75 bits per heavy atom. The lowest BCUT2D eigenvalue weighted by Crippen LogP contribution is -2.24. The Kier molecular flexibility index (Phi) is 3.27. The molecular formula is C13H19BrN2. The fraction of sp³-hybridized carbons (Fsp3) is 0.538. The lowest BCUT2D eigenvalue weighted by atomic mass is 9.93. The zero-order valence-electron chi connectivity index (χ0n) is 9.96. The molecule has 0 unspecified atom stereocenters. The highest BCUT2D eigenvalue weighted by molar-refractivity contribution is 9.10. The minimum absolute atomic E-state index is 0.425. The number of halogens is 1. The van der Waals surface area contributed by atoms with Crippen LogP contribution < -0.4 is 10.6 Å². The normalized spacial score (nSPS) is 19.1. The van der Waals surface area contributed by atoms with Gasteiger partial charge in [0.05, 0.1) is 0 Å². The van der Waals surface area contributed by atoms with E-state index in [-0.39, 0.29) is 0 Å². The number of nitrogens with zero attached hydrogens (tertiary/aromatic N) is 1. The Bertz CT molecular complexity index is 388. The van der Waals surface area contributed by atoms with Gasteiger partial charge in [0.1, 0.15) is 0 Å². The van der Waals surface area contributed by atoms with Crippen LogP contribution >= 0.6 is 15.9 Å². The van der Waals surface area contributed by atoms with Crippen LogP contribution in [0.4, 0.5) is 5.69 Å². The van der Waals surface area contributed by atoms with Crippen molar-refractivity contribution in [3.05, 3.63) is 28.2 Å². The molecule has 1 heterocycles. The Morgan fingerprint density at radius 1 is 1.44 bits per heavy atom. The van der Waals surface area contributed by atoms with Gasteiger partial charge in [-0.05, 0) is 29.5 Å². The quantitative estimate of drug-likeness (QED) is 0.903. The van der Waals surface area contributed by atoms with E-state index in [9.17, 15) is 0 Å². The van der Waals surface area contributed by atoms with Gasteiger partial charge >= 0.3 is 0 Å². The smallest absolute Gasteiger partial charge is 0.0423 e. The Balaban J connectivity index is 2.30. The summed E-state index contributed by atoms with van der Waals surface area (Å²) < 4.78 is 1.13. The van der Waals surface area contributed by atoms with Gasteiger partial charge in [0.25, 0.3) is 0 Å². The van der Waals surface area contributed by atoms with Crippen LogP contribution in [0, 0.1) is 5.41 Å². The van der Waals surface area contributed by atoms with Gasteiger partial charge in [-0.15, -0.1) is 0 Å². The van der Waals surface area contributed by atoms with Gasteiger partial charge in [-0.25, -0.2) is 0 Å². The number of benzene rings is 1. The van der Waals surface area contributed by atoms with Crippen LogP contribution in [0.5, 0.6) is 0 Å². The fourth-order valence-corrected chi connectivity index (χ4v) is 2.67. The topological polar surface area (TPSA) is 29.3 Å². The minimum atomic E-state index is 0.425. The standard InChI is InChI=1S/C13H19BrN2/c1-13(2)5-6-16(9-13)12-7-11(14)4-3-10(12)8-15/h3-4,7H,5-6,8-9,15H2,1-2H3. The van der Waals surface area contributed by atoms with Crippen molar-refractivity contribution in [3.8, 4) is 0 Å². The van der Waals surface area contributed by atoms with Crippen molar-refractivity contribution in [2.45, 2.75) is 26.8 Å². The summed E-state index contributed by atoms with van der Waals surface area (Å²) in [5.74, 6) is 0. The maximum absolute atomic E-state index is 5.79. The van der Waals surface area contributed by atoms with Crippen LogP contribution in [0.2, 0.25) is 0 Å². The molecule has 0 aromatic heterocycles. The van der Waals surface area contributed by atoms with E-state index in [2.05, 4.69) is 52.9 Å². The first kappa shape index (κ1) is 11.9. The first-order valence-corrected chi connectivity index (χ1v) is 6.54. The highest BCUT2D eigenvalue weighted by Gasteiger charge is 2.30. The molecule has 2 nitrogen and oxygen atoms in total. The molecule has 0 aliphatic carbocycles. The summed E-state index contributed by atoms with van der Waals surface area (Å²) in [6, 6.07) is 6.36. The molecule has 0 spiro atoms. The van der Waals surface area contributed by atoms with E-state index in [4.69, 9.17) is 5.73 Å². The molecular weight excluding hydrogens is 264 g/mol. The highest BCUT2D eigenvalue weighted by Crippen LogP contribution is 2.35. The van der Waals surface area contributed by atoms with Crippen LogP contribution in [0.25, 0.3) is 0 Å². The van der Waals surface area contributed by atoms with Crippen molar-refractivity contribution in [3.63, 3.8) is 0 Å². The number of anilines is 1. The van der Waals surface area contributed by atoms with Crippen molar-refractivity contribution in [2.75, 3.05) is 18.0 Å². The maximum Gasteiger partial charge on any atom is 0.0423 e. The summed E-state index contributed by atoms with van der Waals surface area (Å²) in [6.07, 6.45) is 1.25. The van der Waals surface area contributed by atoms with Gasteiger partial charge in [-0.2, -0.15) is 0 Å². The van der Waals surface area contributed by atoms with E-state index in [1.165, 1.54) is 17.7 Å². The molecule has 88 valence electrons. The molecule has 0 radical (unpaired) electrons. The molecule has 0 bridgehead atoms. The average Bonchev–Trinajstić information content (AvgIpc) is 2.59. The van der Waals surface area contributed by atoms with E-state index in [0.717, 1.165) is 17.6 Å². The molecule has 1 aliphatic rings. The molecule has 1 saturated heterocycles. The third-order valence-electron chi connectivity index (χ3n) is 3.29. The fourth-order valence-electron chi connectivity index (χ4n) is 2.32. The largest absolute Gasteiger partial charge is 0.371 e. The molecule has 1 aromatic carbocycles. The Morgan fingerprint density at radius 2 is 2.19 bits per heavy atom. The molecule has 1 fully saturated rings. The van der Waals surface area contributed by atoms with E-state index < -0.39 is 0 Å². The van der Waals surface area contributed by atoms with E-state index in [1.54, 1.807) is 0 Å². The number of hydrogen-bond donors (Lipinski definition) is 1. The van der Waals surface area contributed by atoms with Gasteiger partial charge < -0.3 is 10.6 Å². The van der Waals surface area contributed by atoms with Crippen molar-refractivity contribution >= 4 is 21.6 Å². The zero-order valence-corrected chi connectivity index (χ0v) is 11.5. The van der Waals surface area contributed by atoms with Crippen LogP contribution in [-0.4, -0.2) is 13.1 Å². The first-order valence-electron chi connectivity index (χ1n) is 5.75. The Hall–Kier alpha value is -0.540. The second-order valence-corrected chi connectivity index (χ2v) is 6.23. The molecule has 0 amide bonds. The summed E-state index contributed by atoms with van der Waals surface area (Å²) in [7, 11) is 0. The molecule has 16 heavy (non-hydrogen) atoms. The van der Waals surface area contributed by atoms with E-state index in [0.29, 0.717) is 12.0 Å². The van der Waals surface area contributed by atoms with E-state index in [1.807, 2.05) is 0 Å². The van der Waals surface area contributed by atoms with Gasteiger partial charge in [0.2, 0.25) is 0 Å². The molecule has 1 aliphatic heterocycles. The van der Waals surface area contributed by atoms with Gasteiger partial charge in [-0.1, -0.05) is 35.8 Å². The summed E-state index contributed by atoms with van der Waals surface area (Å²) >= 11 is 3.53. The predicted molar refractivity (Wildman–Crippen MR) is 72.6 cm³/mol.